The van der Waals surface area contributed by atoms with Crippen LogP contribution >= 0.6 is 0 Å². The minimum atomic E-state index is -1.06. The molecule has 0 aliphatic carbocycles. The van der Waals surface area contributed by atoms with Crippen molar-refractivity contribution in [3.63, 3.8) is 0 Å². The summed E-state index contributed by atoms with van der Waals surface area (Å²) in [6.07, 6.45) is 0. The lowest BCUT2D eigenvalue weighted by Gasteiger charge is -2.15. The molecule has 0 radical (unpaired) electrons. The molecule has 1 amide bonds. The Morgan fingerprint density at radius 2 is 1.50 bits per heavy atom. The van der Waals surface area contributed by atoms with Gasteiger partial charge in [-0.1, -0.05) is 42.0 Å². The molecule has 158 valence electrons. The highest BCUT2D eigenvalue weighted by Crippen LogP contribution is 2.32. The number of amides is 1. The summed E-state index contributed by atoms with van der Waals surface area (Å²) in [6, 6.07) is 23.0. The highest BCUT2D eigenvalue weighted by atomic mass is 16.4. The number of fused-ring (bicyclic) bond motifs is 1. The predicted octanol–water partition coefficient (Wildman–Crippen LogP) is 5.05. The summed E-state index contributed by atoms with van der Waals surface area (Å²) in [5.74, 6) is -1.47. The summed E-state index contributed by atoms with van der Waals surface area (Å²) in [4.78, 5) is 25.2. The summed E-state index contributed by atoms with van der Waals surface area (Å²) < 4.78 is 0. The van der Waals surface area contributed by atoms with E-state index in [9.17, 15) is 14.7 Å². The molecule has 0 aromatic heterocycles. The molecule has 4 aromatic carbocycles. The molecule has 0 unspecified atom stereocenters. The summed E-state index contributed by atoms with van der Waals surface area (Å²) >= 11 is 0. The molecule has 0 aliphatic heterocycles. The third-order valence-corrected chi connectivity index (χ3v) is 5.28. The number of hydrogen-bond acceptors (Lipinski definition) is 3. The maximum absolute atomic E-state index is 13.2. The van der Waals surface area contributed by atoms with Crippen LogP contribution < -0.4 is 11.1 Å². The van der Waals surface area contributed by atoms with Crippen LogP contribution in [0.5, 0.6) is 0 Å². The Hall–Kier alpha value is -4.45. The molecule has 0 aliphatic rings. The molecular weight excluding hydrogens is 402 g/mol. The monoisotopic (exact) mass is 423 g/mol. The van der Waals surface area contributed by atoms with E-state index in [1.165, 1.54) is 0 Å². The summed E-state index contributed by atoms with van der Waals surface area (Å²) in [7, 11) is 0. The number of hydrogen-bond donors (Lipinski definition) is 4. The quantitative estimate of drug-likeness (QED) is 0.265. The van der Waals surface area contributed by atoms with Crippen molar-refractivity contribution in [2.24, 2.45) is 5.73 Å². The second-order valence-corrected chi connectivity index (χ2v) is 7.54. The van der Waals surface area contributed by atoms with Gasteiger partial charge < -0.3 is 16.2 Å². The topological polar surface area (TPSA) is 116 Å². The Bertz CT molecular complexity index is 1380. The van der Waals surface area contributed by atoms with E-state index >= 15 is 0 Å². The number of rotatable bonds is 5. The summed E-state index contributed by atoms with van der Waals surface area (Å²) in [5, 5.41) is 21.9. The normalized spacial score (nSPS) is 10.7. The van der Waals surface area contributed by atoms with Crippen molar-refractivity contribution in [1.82, 2.24) is 0 Å². The minimum absolute atomic E-state index is 0.0543. The van der Waals surface area contributed by atoms with Gasteiger partial charge in [-0.3, -0.25) is 10.2 Å². The number of aryl methyl sites for hydroxylation is 1. The Kier molecular flexibility index (Phi) is 5.43. The molecule has 4 aromatic rings. The van der Waals surface area contributed by atoms with Crippen LogP contribution in [0.1, 0.15) is 31.8 Å². The van der Waals surface area contributed by atoms with E-state index in [1.54, 1.807) is 42.5 Å². The van der Waals surface area contributed by atoms with E-state index in [1.807, 2.05) is 43.3 Å². The molecule has 0 saturated carbocycles. The van der Waals surface area contributed by atoms with Crippen molar-refractivity contribution in [3.8, 4) is 11.1 Å². The standard InChI is InChI=1S/C26H21N3O3/c1-15-6-11-20(21-13-17-4-2-3-5-18(17)14-23(21)26(31)32)22(12-15)25(30)29-19-9-7-16(8-10-19)24(27)28/h2-14H,1H3,(H3,27,28)(H,29,30)(H,31,32). The van der Waals surface area contributed by atoms with Crippen LogP contribution in [-0.4, -0.2) is 22.8 Å². The van der Waals surface area contributed by atoms with Crippen LogP contribution in [0.25, 0.3) is 21.9 Å². The fourth-order valence-corrected chi connectivity index (χ4v) is 3.65. The predicted molar refractivity (Wildman–Crippen MR) is 126 cm³/mol. The summed E-state index contributed by atoms with van der Waals surface area (Å²) in [5.41, 5.74) is 8.99. The number of nitrogen functional groups attached to an aromatic ring is 1. The van der Waals surface area contributed by atoms with Gasteiger partial charge in [0.2, 0.25) is 0 Å². The van der Waals surface area contributed by atoms with Crippen LogP contribution in [-0.2, 0) is 0 Å². The number of carboxylic acids is 1. The Balaban J connectivity index is 1.80. The number of amidine groups is 1. The fraction of sp³-hybridized carbons (Fsp3) is 0.0385. The summed E-state index contributed by atoms with van der Waals surface area (Å²) in [6.45, 7) is 1.88. The Morgan fingerprint density at radius 3 is 2.12 bits per heavy atom. The molecule has 0 spiro atoms. The second-order valence-electron chi connectivity index (χ2n) is 7.54. The van der Waals surface area contributed by atoms with Crippen LogP contribution in [0, 0.1) is 12.3 Å². The smallest absolute Gasteiger partial charge is 0.336 e. The maximum Gasteiger partial charge on any atom is 0.336 e. The van der Waals surface area contributed by atoms with Crippen LogP contribution in [0.3, 0.4) is 0 Å². The SMILES string of the molecule is Cc1ccc(-c2cc3ccccc3cc2C(=O)O)c(C(=O)Nc2ccc(C(=N)N)cc2)c1. The van der Waals surface area contributed by atoms with Gasteiger partial charge in [0.1, 0.15) is 5.84 Å². The molecule has 4 rings (SSSR count). The van der Waals surface area contributed by atoms with E-state index in [4.69, 9.17) is 11.1 Å². The number of carbonyl (C=O) groups is 2. The number of carboxylic acid groups (broad SMARTS) is 1. The molecule has 0 atom stereocenters. The molecule has 6 nitrogen and oxygen atoms in total. The van der Waals surface area contributed by atoms with Gasteiger partial charge in [-0.25, -0.2) is 4.79 Å². The van der Waals surface area contributed by atoms with Gasteiger partial charge in [-0.15, -0.1) is 0 Å². The molecule has 0 heterocycles. The Morgan fingerprint density at radius 1 is 0.844 bits per heavy atom. The molecule has 6 heteroatoms. The van der Waals surface area contributed by atoms with Gasteiger partial charge in [0.25, 0.3) is 5.91 Å². The maximum atomic E-state index is 13.2. The average molecular weight is 423 g/mol. The van der Waals surface area contributed by atoms with Crippen molar-refractivity contribution in [2.45, 2.75) is 6.92 Å². The highest BCUT2D eigenvalue weighted by molar-refractivity contribution is 6.12. The Labute approximate surface area is 184 Å². The molecule has 0 fully saturated rings. The number of benzene rings is 4. The zero-order valence-electron chi connectivity index (χ0n) is 17.3. The van der Waals surface area contributed by atoms with E-state index < -0.39 is 5.97 Å². The van der Waals surface area contributed by atoms with E-state index in [2.05, 4.69) is 5.32 Å². The third-order valence-electron chi connectivity index (χ3n) is 5.28. The molecule has 0 saturated heterocycles. The highest BCUT2D eigenvalue weighted by Gasteiger charge is 2.19. The second kappa shape index (κ2) is 8.35. The number of nitrogens with one attached hydrogen (secondary N) is 2. The van der Waals surface area contributed by atoms with Gasteiger partial charge in [-0.05, 0) is 71.3 Å². The fourth-order valence-electron chi connectivity index (χ4n) is 3.65. The first kappa shape index (κ1) is 20.8. The number of carbonyl (C=O) groups excluding carboxylic acids is 1. The first-order valence-corrected chi connectivity index (χ1v) is 9.96. The van der Waals surface area contributed by atoms with Gasteiger partial charge >= 0.3 is 5.97 Å². The zero-order chi connectivity index (χ0) is 22.8. The minimum Gasteiger partial charge on any atom is -0.478 e. The zero-order valence-corrected chi connectivity index (χ0v) is 17.3. The number of nitrogens with two attached hydrogens (primary N) is 1. The van der Waals surface area contributed by atoms with Crippen molar-refractivity contribution in [1.29, 1.82) is 5.41 Å². The van der Waals surface area contributed by atoms with E-state index in [0.717, 1.165) is 16.3 Å². The molecule has 0 bridgehead atoms. The van der Waals surface area contributed by atoms with Crippen molar-refractivity contribution >= 4 is 34.2 Å². The first-order valence-electron chi connectivity index (χ1n) is 9.96. The van der Waals surface area contributed by atoms with Crippen LogP contribution in [0.2, 0.25) is 0 Å². The third kappa shape index (κ3) is 4.06. The lowest BCUT2D eigenvalue weighted by Crippen LogP contribution is -2.15. The van der Waals surface area contributed by atoms with E-state index in [0.29, 0.717) is 27.9 Å². The van der Waals surface area contributed by atoms with Gasteiger partial charge in [0, 0.05) is 16.8 Å². The van der Waals surface area contributed by atoms with Crippen molar-refractivity contribution in [3.05, 3.63) is 101 Å². The largest absolute Gasteiger partial charge is 0.478 e. The average Bonchev–Trinajstić information content (AvgIpc) is 2.78. The van der Waals surface area contributed by atoms with Crippen molar-refractivity contribution in [2.75, 3.05) is 5.32 Å². The van der Waals surface area contributed by atoms with Gasteiger partial charge in [0.05, 0.1) is 5.56 Å². The van der Waals surface area contributed by atoms with Gasteiger partial charge in [0.15, 0.2) is 0 Å². The van der Waals surface area contributed by atoms with Crippen molar-refractivity contribution < 1.29 is 14.7 Å². The van der Waals surface area contributed by atoms with Gasteiger partial charge in [-0.2, -0.15) is 0 Å². The van der Waals surface area contributed by atoms with Crippen LogP contribution in [0.15, 0.2) is 78.9 Å². The molecular formula is C26H21N3O3. The molecule has 32 heavy (non-hydrogen) atoms. The molecule has 5 N–H and O–H groups in total. The number of anilines is 1. The van der Waals surface area contributed by atoms with Crippen LogP contribution in [0.4, 0.5) is 5.69 Å². The first-order chi connectivity index (χ1) is 15.3. The lowest BCUT2D eigenvalue weighted by atomic mass is 9.91. The number of aromatic carboxylic acids is 1. The van der Waals surface area contributed by atoms with E-state index in [-0.39, 0.29) is 17.3 Å². The lowest BCUT2D eigenvalue weighted by molar-refractivity contribution is 0.0697.